The van der Waals surface area contributed by atoms with Crippen molar-refractivity contribution in [3.8, 4) is 0 Å². The Bertz CT molecular complexity index is 1960. The van der Waals surface area contributed by atoms with E-state index in [4.69, 9.17) is 40.3 Å². The Morgan fingerprint density at radius 1 is 0.699 bits per heavy atom. The van der Waals surface area contributed by atoms with Crippen LogP contribution in [0, 0.1) is 0 Å². The summed E-state index contributed by atoms with van der Waals surface area (Å²) in [6.07, 6.45) is -17.3. The number of nitrogens with two attached hydrogens (primary N) is 2. The van der Waals surface area contributed by atoms with E-state index in [-0.39, 0.29) is 19.4 Å². The van der Waals surface area contributed by atoms with Crippen molar-refractivity contribution in [3.63, 3.8) is 0 Å². The van der Waals surface area contributed by atoms with Gasteiger partial charge in [0.1, 0.15) is 85.6 Å². The number of carbonyl (C=O) groups excluding carboxylic acids is 9. The van der Waals surface area contributed by atoms with Crippen molar-refractivity contribution in [2.45, 2.75) is 164 Å². The molecule has 18 N–H and O–H groups in total. The lowest BCUT2D eigenvalue weighted by Crippen LogP contribution is -2.70. The summed E-state index contributed by atoms with van der Waals surface area (Å²) in [6.45, 7) is 2.96. The number of nitrogens with one attached hydrogen (secondary N) is 7. The highest BCUT2D eigenvalue weighted by Crippen LogP contribution is 2.31. The quantitative estimate of drug-likeness (QED) is 0.0244. The van der Waals surface area contributed by atoms with E-state index in [1.807, 2.05) is 0 Å². The van der Waals surface area contributed by atoms with Crippen molar-refractivity contribution >= 4 is 65.2 Å². The maximum atomic E-state index is 13.5. The van der Waals surface area contributed by atoms with E-state index < -0.39 is 202 Å². The van der Waals surface area contributed by atoms with Gasteiger partial charge in [0.05, 0.1) is 25.7 Å². The lowest BCUT2D eigenvalue weighted by atomic mass is 9.94. The van der Waals surface area contributed by atoms with Crippen molar-refractivity contribution in [2.75, 3.05) is 26.4 Å². The van der Waals surface area contributed by atoms with E-state index in [9.17, 15) is 83.4 Å². The van der Waals surface area contributed by atoms with E-state index in [0.29, 0.717) is 0 Å². The fourth-order valence-electron chi connectivity index (χ4n) is 7.18. The molecule has 0 bridgehead atoms. The first-order valence-corrected chi connectivity index (χ1v) is 22.6. The van der Waals surface area contributed by atoms with Gasteiger partial charge >= 0.3 is 17.9 Å². The van der Waals surface area contributed by atoms with Crippen LogP contribution in [-0.4, -0.2) is 225 Å². The third kappa shape index (κ3) is 20.3. The van der Waals surface area contributed by atoms with Crippen LogP contribution in [0.1, 0.15) is 66.7 Å². The number of ether oxygens (including phenoxy) is 5. The summed E-state index contributed by atoms with van der Waals surface area (Å²) in [5, 5.41) is 87.0. The van der Waals surface area contributed by atoms with Crippen LogP contribution < -0.4 is 48.7 Å². The van der Waals surface area contributed by atoms with E-state index >= 15 is 0 Å². The van der Waals surface area contributed by atoms with Crippen LogP contribution in [-0.2, 0) is 76.4 Å². The molecule has 0 saturated carbocycles. The van der Waals surface area contributed by atoms with Gasteiger partial charge in [-0.3, -0.25) is 47.9 Å². The van der Waals surface area contributed by atoms with E-state index in [2.05, 4.69) is 37.2 Å². The van der Waals surface area contributed by atoms with Gasteiger partial charge in [-0.1, -0.05) is 0 Å². The highest BCUT2D eigenvalue weighted by Gasteiger charge is 2.53. The highest BCUT2D eigenvalue weighted by atomic mass is 16.7. The Balaban J connectivity index is 2.12. The monoisotopic (exact) mass is 1050 g/mol. The molecule has 0 aliphatic carbocycles. The van der Waals surface area contributed by atoms with Crippen LogP contribution in [0.15, 0.2) is 0 Å². The molecular weight excluding hydrogens is 986 g/mol. The summed E-state index contributed by atoms with van der Waals surface area (Å²) in [6, 6.07) is -10.7. The van der Waals surface area contributed by atoms with Crippen LogP contribution in [0.5, 0.6) is 0 Å². The molecule has 73 heavy (non-hydrogen) atoms. The van der Waals surface area contributed by atoms with Crippen molar-refractivity contribution in [2.24, 2.45) is 11.5 Å². The number of esters is 1. The molecule has 16 atom stereocenters. The Morgan fingerprint density at radius 2 is 1.32 bits per heavy atom. The van der Waals surface area contributed by atoms with Gasteiger partial charge in [0.25, 0.3) is 0 Å². The van der Waals surface area contributed by atoms with Gasteiger partial charge in [-0.05, 0) is 33.1 Å². The van der Waals surface area contributed by atoms with Crippen molar-refractivity contribution < 1.29 is 112 Å². The lowest BCUT2D eigenvalue weighted by Gasteiger charge is -2.48. The van der Waals surface area contributed by atoms with E-state index in [0.717, 1.165) is 20.8 Å². The maximum Gasteiger partial charge on any atom is 0.326 e. The minimum absolute atomic E-state index is 0.0571. The summed E-state index contributed by atoms with van der Waals surface area (Å²) in [7, 11) is 0. The molecule has 2 rings (SSSR count). The fraction of sp³-hybridized carbons (Fsp3) is 0.732. The molecule has 414 valence electrons. The number of carboxylic acid groups (broad SMARTS) is 2. The molecule has 32 nitrogen and oxygen atoms in total. The van der Waals surface area contributed by atoms with E-state index in [1.54, 1.807) is 0 Å². The number of hydrogen-bond acceptors (Lipinski definition) is 22. The fourth-order valence-corrected chi connectivity index (χ4v) is 7.18. The zero-order valence-electron chi connectivity index (χ0n) is 40.4. The first-order valence-electron chi connectivity index (χ1n) is 22.6. The topological polar surface area (TPSA) is 512 Å². The van der Waals surface area contributed by atoms with Crippen molar-refractivity contribution in [3.05, 3.63) is 0 Å². The normalized spacial score (nSPS) is 26.1. The number of aliphatic hydroxyl groups excluding tert-OH is 5. The number of aliphatic carboxylic acids is 2. The number of aliphatic hydroxyl groups is 5. The van der Waals surface area contributed by atoms with Gasteiger partial charge in [0, 0.05) is 33.7 Å². The second kappa shape index (κ2) is 30.1. The predicted octanol–water partition coefficient (Wildman–Crippen LogP) is -9.13. The molecule has 2 aliphatic rings. The molecule has 32 heteroatoms. The van der Waals surface area contributed by atoms with Crippen LogP contribution in [0.2, 0.25) is 0 Å². The molecule has 0 aromatic rings. The minimum atomic E-state index is -1.92. The minimum Gasteiger partial charge on any atom is -0.481 e. The molecule has 0 radical (unpaired) electrons. The smallest absolute Gasteiger partial charge is 0.326 e. The molecule has 2 saturated heterocycles. The van der Waals surface area contributed by atoms with Crippen LogP contribution in [0.3, 0.4) is 0 Å². The van der Waals surface area contributed by atoms with Crippen molar-refractivity contribution in [1.82, 2.24) is 37.2 Å². The molecule has 2 heterocycles. The number of carboxylic acids is 2. The second-order valence-corrected chi connectivity index (χ2v) is 16.9. The average molecular weight is 1050 g/mol. The molecule has 8 amide bonds. The van der Waals surface area contributed by atoms with Crippen molar-refractivity contribution in [1.29, 1.82) is 0 Å². The number of carbonyl (C=O) groups is 11. The molecule has 16 unspecified atom stereocenters. The summed E-state index contributed by atoms with van der Waals surface area (Å²) in [4.78, 5) is 135. The third-order valence-corrected chi connectivity index (χ3v) is 11.0. The average Bonchev–Trinajstić information content (AvgIpc) is 3.30. The Labute approximate surface area is 416 Å². The van der Waals surface area contributed by atoms with Gasteiger partial charge in [0.2, 0.25) is 47.3 Å². The Hall–Kier alpha value is -6.23. The van der Waals surface area contributed by atoms with E-state index in [1.165, 1.54) is 13.8 Å². The van der Waals surface area contributed by atoms with Gasteiger partial charge in [0.15, 0.2) is 12.6 Å². The Morgan fingerprint density at radius 3 is 1.86 bits per heavy atom. The lowest BCUT2D eigenvalue weighted by molar-refractivity contribution is -0.333. The zero-order valence-corrected chi connectivity index (χ0v) is 40.4. The number of primary amides is 1. The number of amides is 8. The summed E-state index contributed by atoms with van der Waals surface area (Å²) >= 11 is 0. The number of hydrogen-bond donors (Lipinski definition) is 16. The largest absolute Gasteiger partial charge is 0.481 e. The highest BCUT2D eigenvalue weighted by molar-refractivity contribution is 5.93. The SMILES string of the molecule is CC(=O)NC1C(OC2C(CO)OC(O)C(NC(C)=O)C2OC(C)C(=O)NC(C)C(=O)NC(CCC(=O)NC(CCCNC(=O)C(CO)NC(=O)C(N)CC(=O)O)C(=O)O)C(N)=O)OC(COC(C)=O)C(O)C1O. The molecule has 0 aromatic heterocycles. The summed E-state index contributed by atoms with van der Waals surface area (Å²) in [5.41, 5.74) is 10.9. The predicted molar refractivity (Wildman–Crippen MR) is 239 cm³/mol. The molecule has 2 fully saturated rings. The molecule has 0 aromatic carbocycles. The Kier molecular flexibility index (Phi) is 25.9. The van der Waals surface area contributed by atoms with Crippen LogP contribution in [0.4, 0.5) is 0 Å². The first-order chi connectivity index (χ1) is 34.1. The van der Waals surface area contributed by atoms with Gasteiger partial charge < -0.3 is 108 Å². The molecule has 2 aliphatic heterocycles. The summed E-state index contributed by atoms with van der Waals surface area (Å²) in [5.74, 6) is -11.1. The molecule has 0 spiro atoms. The first kappa shape index (κ1) is 62.9. The second-order valence-electron chi connectivity index (χ2n) is 16.9. The third-order valence-electron chi connectivity index (χ3n) is 11.0. The molecular formula is C41H67N9O23. The summed E-state index contributed by atoms with van der Waals surface area (Å²) < 4.78 is 28.4. The standard InChI is InChI=1S/C41H67N9O23/c1-15(35(62)49-21(34(43)61)8-9-26(56)48-22(39(66)67)7-6-10-44-38(65)23(12-51)50-37(64)20(42)11-27(57)58)45-36(63)16(2)70-33-29(47-18(4)54)40(68)71-24(13-52)32(33)73-41-28(46-17(3)53)31(60)30(59)25(72-41)14-69-19(5)55/h15-16,20-25,28-33,40-41,51-52,59-60,68H,6-14,42H2,1-5H3,(H2,43,61)(H,44,65)(H,45,63)(H,46,53)(H,47,54)(H,48,56)(H,49,62)(H,50,64)(H,57,58)(H,66,67). The zero-order chi connectivity index (χ0) is 55.4. The van der Waals surface area contributed by atoms with Crippen LogP contribution in [0.25, 0.3) is 0 Å². The maximum absolute atomic E-state index is 13.5. The van der Waals surface area contributed by atoms with Gasteiger partial charge in [-0.15, -0.1) is 0 Å². The number of rotatable bonds is 29. The van der Waals surface area contributed by atoms with Crippen LogP contribution >= 0.6 is 0 Å². The van der Waals surface area contributed by atoms with Gasteiger partial charge in [-0.25, -0.2) is 4.79 Å². The van der Waals surface area contributed by atoms with Gasteiger partial charge in [-0.2, -0.15) is 0 Å².